The Morgan fingerprint density at radius 2 is 1.63 bits per heavy atom. The fourth-order valence-electron chi connectivity index (χ4n) is 6.30. The third-order valence-corrected chi connectivity index (χ3v) is 8.39. The van der Waals surface area contributed by atoms with E-state index in [-0.39, 0.29) is 36.3 Å². The number of fused-ring (bicyclic) bond motifs is 2. The van der Waals surface area contributed by atoms with E-state index in [1.165, 1.54) is 0 Å². The number of carbonyl (C=O) groups excluding carboxylic acids is 3. The molecule has 0 radical (unpaired) electrons. The molecule has 2 aromatic carbocycles. The summed E-state index contributed by atoms with van der Waals surface area (Å²) < 4.78 is 0. The van der Waals surface area contributed by atoms with Crippen LogP contribution in [0.4, 0.5) is 0 Å². The average molecular weight is 558 g/mol. The molecule has 0 aromatic heterocycles. The number of hydrogen-bond donors (Lipinski definition) is 4. The van der Waals surface area contributed by atoms with Crippen LogP contribution < -0.4 is 21.7 Å². The molecule has 0 bridgehead atoms. The van der Waals surface area contributed by atoms with Crippen molar-refractivity contribution < 1.29 is 14.4 Å². The Morgan fingerprint density at radius 1 is 1.07 bits per heavy atom. The van der Waals surface area contributed by atoms with Crippen molar-refractivity contribution in [2.24, 2.45) is 10.7 Å². The van der Waals surface area contributed by atoms with Crippen LogP contribution in [-0.2, 0) is 23.1 Å². The number of amides is 3. The van der Waals surface area contributed by atoms with E-state index in [0.29, 0.717) is 49.2 Å². The van der Waals surface area contributed by atoms with Gasteiger partial charge in [-0.1, -0.05) is 12.1 Å². The first-order valence-electron chi connectivity index (χ1n) is 14.1. The van der Waals surface area contributed by atoms with Crippen molar-refractivity contribution in [3.8, 4) is 6.07 Å². The molecule has 1 aliphatic heterocycles. The molecule has 2 atom stereocenters. The molecule has 5 N–H and O–H groups in total. The third kappa shape index (κ3) is 5.68. The lowest BCUT2D eigenvalue weighted by molar-refractivity contribution is -0.130. The highest BCUT2D eigenvalue weighted by Crippen LogP contribution is 2.44. The van der Waals surface area contributed by atoms with Crippen molar-refractivity contribution in [1.82, 2.24) is 20.9 Å². The Hall–Kier alpha value is -4.23. The van der Waals surface area contributed by atoms with E-state index < -0.39 is 5.41 Å². The molecule has 1 fully saturated rings. The van der Waals surface area contributed by atoms with E-state index in [9.17, 15) is 19.6 Å². The molecule has 4 rings (SSSR count). The van der Waals surface area contributed by atoms with Crippen LogP contribution in [0, 0.1) is 11.3 Å². The molecule has 10 heteroatoms. The highest BCUT2D eigenvalue weighted by atomic mass is 16.2. The van der Waals surface area contributed by atoms with Crippen molar-refractivity contribution in [1.29, 1.82) is 5.26 Å². The quantitative estimate of drug-likeness (QED) is 0.286. The van der Waals surface area contributed by atoms with Crippen LogP contribution in [0.1, 0.15) is 69.2 Å². The molecule has 1 unspecified atom stereocenters. The highest BCUT2D eigenvalue weighted by molar-refractivity contribution is 5.99. The predicted octanol–water partition coefficient (Wildman–Crippen LogP) is 1.66. The molecule has 1 saturated heterocycles. The minimum absolute atomic E-state index is 0.0980. The van der Waals surface area contributed by atoms with Gasteiger partial charge in [-0.2, -0.15) is 5.26 Å². The van der Waals surface area contributed by atoms with Gasteiger partial charge in [0.05, 0.1) is 18.0 Å². The standard InChI is InChI=1S/C31H39N7O3/c1-19(37-18-27(39)38-13-5-6-24(38)17-32)16-31(30(33)36-4)25-11-9-22(28(40)34-2)14-20(25)7-8-21-15-23(29(41)35-3)10-12-26(21)31/h9-12,14-15,19,24,37H,5-8,13,16,18H2,1-4H3,(H2,33,36)(H,34,40)(H,35,41)/t19-,24?/m0/s1. The molecule has 0 spiro atoms. The number of nitrogens with zero attached hydrogens (tertiary/aromatic N) is 3. The molecular weight excluding hydrogens is 518 g/mol. The van der Waals surface area contributed by atoms with Gasteiger partial charge < -0.3 is 26.6 Å². The van der Waals surface area contributed by atoms with E-state index in [1.807, 2.05) is 31.2 Å². The van der Waals surface area contributed by atoms with Crippen molar-refractivity contribution in [2.45, 2.75) is 56.5 Å². The van der Waals surface area contributed by atoms with Crippen LogP contribution in [0.25, 0.3) is 0 Å². The van der Waals surface area contributed by atoms with Gasteiger partial charge in [0.1, 0.15) is 11.9 Å². The zero-order valence-corrected chi connectivity index (χ0v) is 24.2. The first kappa shape index (κ1) is 29.7. The molecule has 0 saturated carbocycles. The summed E-state index contributed by atoms with van der Waals surface area (Å²) in [5, 5.41) is 18.2. The Kier molecular flexibility index (Phi) is 9.08. The normalized spacial score (nSPS) is 18.4. The minimum Gasteiger partial charge on any atom is -0.386 e. The van der Waals surface area contributed by atoms with Gasteiger partial charge in [-0.05, 0) is 85.5 Å². The van der Waals surface area contributed by atoms with E-state index >= 15 is 0 Å². The zero-order valence-electron chi connectivity index (χ0n) is 24.2. The van der Waals surface area contributed by atoms with Crippen molar-refractivity contribution >= 4 is 23.6 Å². The van der Waals surface area contributed by atoms with E-state index in [2.05, 4.69) is 27.0 Å². The Bertz CT molecular complexity index is 1340. The van der Waals surface area contributed by atoms with Crippen LogP contribution in [0.15, 0.2) is 41.4 Å². The average Bonchev–Trinajstić information content (AvgIpc) is 3.44. The smallest absolute Gasteiger partial charge is 0.251 e. The number of rotatable bonds is 8. The Morgan fingerprint density at radius 3 is 2.12 bits per heavy atom. The molecule has 2 aliphatic rings. The summed E-state index contributed by atoms with van der Waals surface area (Å²) in [7, 11) is 4.87. The monoisotopic (exact) mass is 557 g/mol. The van der Waals surface area contributed by atoms with Gasteiger partial charge in [-0.15, -0.1) is 0 Å². The number of nitrogens with one attached hydrogen (secondary N) is 3. The SMILES string of the molecule is CN=C(N)C1(C[C@H](C)NCC(=O)N2CCCC2C#N)c2ccc(C(=O)NC)cc2CCc2cc(C(=O)NC)ccc21. The second-order valence-electron chi connectivity index (χ2n) is 10.8. The molecule has 10 nitrogen and oxygen atoms in total. The highest BCUT2D eigenvalue weighted by Gasteiger charge is 2.44. The second kappa shape index (κ2) is 12.5. The van der Waals surface area contributed by atoms with Gasteiger partial charge in [0.25, 0.3) is 11.8 Å². The lowest BCUT2D eigenvalue weighted by Crippen LogP contribution is -2.49. The van der Waals surface area contributed by atoms with Crippen molar-refractivity contribution in [3.63, 3.8) is 0 Å². The number of benzene rings is 2. The summed E-state index contributed by atoms with van der Waals surface area (Å²) in [6.45, 7) is 2.70. The number of carbonyl (C=O) groups is 3. The first-order valence-corrected chi connectivity index (χ1v) is 14.1. The molecule has 1 aliphatic carbocycles. The molecule has 216 valence electrons. The zero-order chi connectivity index (χ0) is 29.7. The second-order valence-corrected chi connectivity index (χ2v) is 10.8. The van der Waals surface area contributed by atoms with Gasteiger partial charge in [0, 0.05) is 44.9 Å². The number of aliphatic imine (C=N–C) groups is 1. The Balaban J connectivity index is 1.78. The van der Waals surface area contributed by atoms with Crippen molar-refractivity contribution in [3.05, 3.63) is 69.8 Å². The number of amidine groups is 1. The third-order valence-electron chi connectivity index (χ3n) is 8.39. The number of nitrogens with two attached hydrogens (primary N) is 1. The van der Waals surface area contributed by atoms with E-state index in [0.717, 1.165) is 28.7 Å². The summed E-state index contributed by atoms with van der Waals surface area (Å²) in [5.74, 6) is -0.0406. The number of aryl methyl sites for hydroxylation is 2. The summed E-state index contributed by atoms with van der Waals surface area (Å²) >= 11 is 0. The summed E-state index contributed by atoms with van der Waals surface area (Å²) in [6, 6.07) is 13.0. The lowest BCUT2D eigenvalue weighted by Gasteiger charge is -2.38. The minimum atomic E-state index is -0.878. The molecule has 3 amide bonds. The van der Waals surface area contributed by atoms with Gasteiger partial charge >= 0.3 is 0 Å². The maximum Gasteiger partial charge on any atom is 0.251 e. The van der Waals surface area contributed by atoms with Crippen LogP contribution in [0.2, 0.25) is 0 Å². The molecule has 1 heterocycles. The molecule has 2 aromatic rings. The largest absolute Gasteiger partial charge is 0.386 e. The van der Waals surface area contributed by atoms with Gasteiger partial charge in [-0.25, -0.2) is 0 Å². The van der Waals surface area contributed by atoms with Crippen LogP contribution in [0.5, 0.6) is 0 Å². The number of likely N-dealkylation sites (tertiary alicyclic amines) is 1. The van der Waals surface area contributed by atoms with Crippen LogP contribution >= 0.6 is 0 Å². The van der Waals surface area contributed by atoms with Crippen molar-refractivity contribution in [2.75, 3.05) is 34.2 Å². The van der Waals surface area contributed by atoms with Crippen LogP contribution in [-0.4, -0.2) is 74.8 Å². The first-order chi connectivity index (χ1) is 19.7. The Labute approximate surface area is 241 Å². The molecular formula is C31H39N7O3. The predicted molar refractivity (Wildman–Crippen MR) is 158 cm³/mol. The van der Waals surface area contributed by atoms with E-state index in [4.69, 9.17) is 5.73 Å². The maximum atomic E-state index is 13.0. The van der Waals surface area contributed by atoms with E-state index in [1.54, 1.807) is 38.2 Å². The fourth-order valence-corrected chi connectivity index (χ4v) is 6.30. The van der Waals surface area contributed by atoms with Gasteiger partial charge in [-0.3, -0.25) is 19.4 Å². The number of nitriles is 1. The fraction of sp³-hybridized carbons (Fsp3) is 0.452. The maximum absolute atomic E-state index is 13.0. The molecule has 41 heavy (non-hydrogen) atoms. The summed E-state index contributed by atoms with van der Waals surface area (Å²) in [4.78, 5) is 44.2. The lowest BCUT2D eigenvalue weighted by atomic mass is 9.67. The summed E-state index contributed by atoms with van der Waals surface area (Å²) in [6.07, 6.45) is 3.30. The topological polar surface area (TPSA) is 153 Å². The van der Waals surface area contributed by atoms with Crippen LogP contribution in [0.3, 0.4) is 0 Å². The summed E-state index contributed by atoms with van der Waals surface area (Å²) in [5.41, 5.74) is 10.9. The van der Waals surface area contributed by atoms with Gasteiger partial charge in [0.2, 0.25) is 5.91 Å². The number of hydrogen-bond acceptors (Lipinski definition) is 6. The van der Waals surface area contributed by atoms with Gasteiger partial charge in [0.15, 0.2) is 0 Å².